The highest BCUT2D eigenvalue weighted by Gasteiger charge is 2.20. The van der Waals surface area contributed by atoms with Crippen molar-refractivity contribution < 1.29 is 23.8 Å². The van der Waals surface area contributed by atoms with E-state index in [0.717, 1.165) is 23.3 Å². The highest BCUT2D eigenvalue weighted by atomic mass is 35.5. The summed E-state index contributed by atoms with van der Waals surface area (Å²) in [6.45, 7) is 1.43. The Balaban J connectivity index is 1.62. The molecule has 2 N–H and O–H groups in total. The molecule has 1 atom stereocenters. The predicted octanol–water partition coefficient (Wildman–Crippen LogP) is 5.04. The van der Waals surface area contributed by atoms with Crippen LogP contribution in [0.2, 0.25) is 5.02 Å². The average Bonchev–Trinajstić information content (AvgIpc) is 2.70. The molecule has 0 saturated carbocycles. The van der Waals surface area contributed by atoms with E-state index in [1.165, 1.54) is 13.0 Å². The maximum absolute atomic E-state index is 13.1. The summed E-state index contributed by atoms with van der Waals surface area (Å²) in [4.78, 5) is 24.5. The molecule has 0 heterocycles. The standard InChI is InChI=1S/C22H17ClFNO4/c1-13(21(27)25-20-11-8-17(24)12-19(20)23)29-22(28)16-4-2-14(3-5-16)15-6-9-18(26)10-7-15/h2-13,26H,1H3,(H,25,27)/t13-/m1/s1. The van der Waals surface area contributed by atoms with Gasteiger partial charge in [0.05, 0.1) is 16.3 Å². The number of aromatic hydroxyl groups is 1. The van der Waals surface area contributed by atoms with Gasteiger partial charge in [-0.25, -0.2) is 9.18 Å². The van der Waals surface area contributed by atoms with Crippen molar-refractivity contribution in [3.05, 3.63) is 83.1 Å². The van der Waals surface area contributed by atoms with Crippen molar-refractivity contribution in [2.45, 2.75) is 13.0 Å². The summed E-state index contributed by atoms with van der Waals surface area (Å²) in [6, 6.07) is 16.9. The van der Waals surface area contributed by atoms with E-state index in [-0.39, 0.29) is 22.0 Å². The summed E-state index contributed by atoms with van der Waals surface area (Å²) in [5, 5.41) is 11.9. The molecule has 0 unspecified atom stereocenters. The zero-order valence-electron chi connectivity index (χ0n) is 15.4. The number of benzene rings is 3. The summed E-state index contributed by atoms with van der Waals surface area (Å²) in [5.74, 6) is -1.60. The number of halogens is 2. The molecule has 0 bridgehead atoms. The monoisotopic (exact) mass is 413 g/mol. The summed E-state index contributed by atoms with van der Waals surface area (Å²) in [7, 11) is 0. The highest BCUT2D eigenvalue weighted by molar-refractivity contribution is 6.33. The quantitative estimate of drug-likeness (QED) is 0.575. The van der Waals surface area contributed by atoms with Crippen LogP contribution < -0.4 is 5.32 Å². The van der Waals surface area contributed by atoms with Gasteiger partial charge in [0.1, 0.15) is 11.6 Å². The number of esters is 1. The van der Waals surface area contributed by atoms with E-state index in [4.69, 9.17) is 16.3 Å². The number of rotatable bonds is 5. The van der Waals surface area contributed by atoms with Gasteiger partial charge in [0.25, 0.3) is 5.91 Å². The van der Waals surface area contributed by atoms with Gasteiger partial charge in [-0.3, -0.25) is 4.79 Å². The maximum atomic E-state index is 13.1. The lowest BCUT2D eigenvalue weighted by Crippen LogP contribution is -2.30. The van der Waals surface area contributed by atoms with E-state index >= 15 is 0 Å². The third-order valence-electron chi connectivity index (χ3n) is 4.16. The van der Waals surface area contributed by atoms with E-state index in [9.17, 15) is 19.1 Å². The Hall–Kier alpha value is -3.38. The molecule has 0 aliphatic rings. The summed E-state index contributed by atoms with van der Waals surface area (Å²) >= 11 is 5.88. The first kappa shape index (κ1) is 20.4. The number of carbonyl (C=O) groups is 2. The molecule has 148 valence electrons. The van der Waals surface area contributed by atoms with Gasteiger partial charge in [0.15, 0.2) is 6.10 Å². The SMILES string of the molecule is C[C@@H](OC(=O)c1ccc(-c2ccc(O)cc2)cc1)C(=O)Nc1ccc(F)cc1Cl. The molecule has 5 nitrogen and oxygen atoms in total. The molecular weight excluding hydrogens is 397 g/mol. The van der Waals surface area contributed by atoms with Crippen molar-refractivity contribution >= 4 is 29.2 Å². The molecule has 0 aliphatic heterocycles. The maximum Gasteiger partial charge on any atom is 0.338 e. The van der Waals surface area contributed by atoms with Crippen LogP contribution in [0.4, 0.5) is 10.1 Å². The normalized spacial score (nSPS) is 11.6. The third-order valence-corrected chi connectivity index (χ3v) is 4.48. The Morgan fingerprint density at radius 1 is 1.00 bits per heavy atom. The second-order valence-electron chi connectivity index (χ2n) is 6.29. The van der Waals surface area contributed by atoms with Crippen LogP contribution in [0.3, 0.4) is 0 Å². The van der Waals surface area contributed by atoms with Crippen molar-refractivity contribution in [3.63, 3.8) is 0 Å². The van der Waals surface area contributed by atoms with Crippen LogP contribution in [0, 0.1) is 5.82 Å². The summed E-state index contributed by atoms with van der Waals surface area (Å²) in [6.07, 6.45) is -1.08. The predicted molar refractivity (Wildman–Crippen MR) is 108 cm³/mol. The second kappa shape index (κ2) is 8.75. The van der Waals surface area contributed by atoms with E-state index in [1.54, 1.807) is 48.5 Å². The molecule has 0 spiro atoms. The first-order chi connectivity index (χ1) is 13.8. The average molecular weight is 414 g/mol. The number of hydrogen-bond acceptors (Lipinski definition) is 4. The van der Waals surface area contributed by atoms with Gasteiger partial charge in [0, 0.05) is 0 Å². The number of carbonyl (C=O) groups excluding carboxylic acids is 2. The number of phenolic OH excluding ortho intramolecular Hbond substituents is 1. The Kier molecular flexibility index (Phi) is 6.14. The fraction of sp³-hybridized carbons (Fsp3) is 0.0909. The molecule has 0 aliphatic carbocycles. The van der Waals surface area contributed by atoms with Crippen LogP contribution in [-0.2, 0) is 9.53 Å². The lowest BCUT2D eigenvalue weighted by Gasteiger charge is -2.14. The van der Waals surface area contributed by atoms with Gasteiger partial charge in [-0.05, 0) is 60.5 Å². The van der Waals surface area contributed by atoms with E-state index in [1.807, 2.05) is 0 Å². The molecule has 3 rings (SSSR count). The van der Waals surface area contributed by atoms with Crippen molar-refractivity contribution in [2.24, 2.45) is 0 Å². The molecule has 0 aromatic heterocycles. The number of ether oxygens (including phenoxy) is 1. The third kappa shape index (κ3) is 5.12. The molecule has 1 amide bonds. The van der Waals surface area contributed by atoms with E-state index in [0.29, 0.717) is 0 Å². The minimum Gasteiger partial charge on any atom is -0.508 e. The van der Waals surface area contributed by atoms with Crippen LogP contribution in [0.15, 0.2) is 66.7 Å². The molecule has 0 fully saturated rings. The van der Waals surface area contributed by atoms with Gasteiger partial charge < -0.3 is 15.2 Å². The van der Waals surface area contributed by atoms with Gasteiger partial charge in [-0.15, -0.1) is 0 Å². The topological polar surface area (TPSA) is 75.6 Å². The highest BCUT2D eigenvalue weighted by Crippen LogP contribution is 2.24. The van der Waals surface area contributed by atoms with Gasteiger partial charge in [0.2, 0.25) is 0 Å². The van der Waals surface area contributed by atoms with E-state index < -0.39 is 23.8 Å². The fourth-order valence-corrected chi connectivity index (χ4v) is 2.77. The van der Waals surface area contributed by atoms with Crippen molar-refractivity contribution in [1.29, 1.82) is 0 Å². The van der Waals surface area contributed by atoms with Crippen molar-refractivity contribution in [1.82, 2.24) is 0 Å². The molecule has 29 heavy (non-hydrogen) atoms. The number of nitrogens with one attached hydrogen (secondary N) is 1. The van der Waals surface area contributed by atoms with Crippen LogP contribution in [0.5, 0.6) is 5.75 Å². The lowest BCUT2D eigenvalue weighted by atomic mass is 10.0. The summed E-state index contributed by atoms with van der Waals surface area (Å²) in [5.41, 5.74) is 2.25. The molecule has 3 aromatic rings. The molecule has 7 heteroatoms. The van der Waals surface area contributed by atoms with Crippen LogP contribution in [0.25, 0.3) is 11.1 Å². The first-order valence-corrected chi connectivity index (χ1v) is 9.07. The molecule has 0 radical (unpaired) electrons. The van der Waals surface area contributed by atoms with E-state index in [2.05, 4.69) is 5.32 Å². The zero-order chi connectivity index (χ0) is 21.0. The Morgan fingerprint density at radius 3 is 2.17 bits per heavy atom. The first-order valence-electron chi connectivity index (χ1n) is 8.70. The smallest absolute Gasteiger partial charge is 0.338 e. The fourth-order valence-electron chi connectivity index (χ4n) is 2.56. The number of hydrogen-bond donors (Lipinski definition) is 2. The molecular formula is C22H17ClFNO4. The summed E-state index contributed by atoms with van der Waals surface area (Å²) < 4.78 is 18.3. The van der Waals surface area contributed by atoms with Gasteiger partial charge in [-0.1, -0.05) is 35.9 Å². The number of amides is 1. The van der Waals surface area contributed by atoms with Crippen LogP contribution in [0.1, 0.15) is 17.3 Å². The van der Waals surface area contributed by atoms with Crippen molar-refractivity contribution in [2.75, 3.05) is 5.32 Å². The van der Waals surface area contributed by atoms with Crippen molar-refractivity contribution in [3.8, 4) is 16.9 Å². The molecule has 0 saturated heterocycles. The largest absolute Gasteiger partial charge is 0.508 e. The molecule has 3 aromatic carbocycles. The second-order valence-corrected chi connectivity index (χ2v) is 6.69. The van der Waals surface area contributed by atoms with Crippen LogP contribution >= 0.6 is 11.6 Å². The number of phenols is 1. The minimum atomic E-state index is -1.08. The minimum absolute atomic E-state index is 0.0432. The number of anilines is 1. The Bertz CT molecular complexity index is 1040. The lowest BCUT2D eigenvalue weighted by molar-refractivity contribution is -0.123. The Labute approximate surface area is 171 Å². The Morgan fingerprint density at radius 2 is 1.59 bits per heavy atom. The van der Waals surface area contributed by atoms with Gasteiger partial charge >= 0.3 is 5.97 Å². The zero-order valence-corrected chi connectivity index (χ0v) is 16.1. The van der Waals surface area contributed by atoms with Gasteiger partial charge in [-0.2, -0.15) is 0 Å². The van der Waals surface area contributed by atoms with Crippen LogP contribution in [-0.4, -0.2) is 23.1 Å².